The molecule has 0 amide bonds. The number of halogens is 1. The molecule has 7 unspecified atom stereocenters. The Balaban J connectivity index is 1.28. The van der Waals surface area contributed by atoms with Crippen molar-refractivity contribution in [3.05, 3.63) is 0 Å². The van der Waals surface area contributed by atoms with Gasteiger partial charge in [0, 0.05) is 23.1 Å². The lowest BCUT2D eigenvalue weighted by Crippen LogP contribution is -2.65. The Labute approximate surface area is 179 Å². The molecule has 3 heterocycles. The van der Waals surface area contributed by atoms with Gasteiger partial charge in [-0.3, -0.25) is 15.5 Å². The third kappa shape index (κ3) is 3.25. The maximum Gasteiger partial charge on any atom is 0.141 e. The van der Waals surface area contributed by atoms with Crippen molar-refractivity contribution in [3.8, 4) is 0 Å². The molecular weight excluding hydrogens is 475 g/mol. The topological polar surface area (TPSA) is 123 Å². The lowest BCUT2D eigenvalue weighted by atomic mass is 9.61. The molecule has 7 N–H and O–H groups in total. The van der Waals surface area contributed by atoms with Gasteiger partial charge >= 0.3 is 0 Å². The van der Waals surface area contributed by atoms with Crippen LogP contribution in [0.25, 0.3) is 0 Å². The van der Waals surface area contributed by atoms with Gasteiger partial charge in [0.25, 0.3) is 0 Å². The minimum absolute atomic E-state index is 0.00805. The second kappa shape index (κ2) is 7.83. The largest absolute Gasteiger partial charge is 0.390 e. The summed E-state index contributed by atoms with van der Waals surface area (Å²) >= 11 is 2.41. The number of fused-ring (bicyclic) bond motifs is 2. The first-order valence-corrected chi connectivity index (χ1v) is 12.0. The monoisotopic (exact) mass is 508 g/mol. The van der Waals surface area contributed by atoms with Gasteiger partial charge in [-0.15, -0.1) is 0 Å². The molecule has 160 valence electrons. The van der Waals surface area contributed by atoms with E-state index in [2.05, 4.69) is 38.1 Å². The molecule has 2 aliphatic carbocycles. The smallest absolute Gasteiger partial charge is 0.141 e. The first kappa shape index (κ1) is 20.3. The van der Waals surface area contributed by atoms with Crippen LogP contribution in [0.1, 0.15) is 32.1 Å². The van der Waals surface area contributed by atoms with E-state index in [0.717, 1.165) is 31.2 Å². The number of ether oxygens (including phenoxy) is 1. The summed E-state index contributed by atoms with van der Waals surface area (Å²) < 4.78 is 6.48. The molecule has 0 aromatic carbocycles. The number of rotatable bonds is 3. The molecular formula is C19H33IN4O4. The Bertz CT molecular complexity index is 588. The van der Waals surface area contributed by atoms with Crippen molar-refractivity contribution in [2.45, 2.75) is 79.0 Å². The maximum absolute atomic E-state index is 11.0. The molecule has 3 aliphatic heterocycles. The Morgan fingerprint density at radius 3 is 2.54 bits per heavy atom. The molecule has 9 heteroatoms. The minimum Gasteiger partial charge on any atom is -0.390 e. The Kier molecular flexibility index (Phi) is 5.68. The fourth-order valence-corrected chi connectivity index (χ4v) is 7.59. The summed E-state index contributed by atoms with van der Waals surface area (Å²) in [6.45, 7) is 1.33. The highest BCUT2D eigenvalue weighted by Crippen LogP contribution is 2.48. The van der Waals surface area contributed by atoms with Crippen molar-refractivity contribution in [2.24, 2.45) is 29.4 Å². The number of nitrogens with one attached hydrogen (secondary N) is 2. The number of aliphatic hydroxyl groups excluding tert-OH is 3. The summed E-state index contributed by atoms with van der Waals surface area (Å²) in [7, 11) is 0. The first-order chi connectivity index (χ1) is 13.5. The van der Waals surface area contributed by atoms with Crippen molar-refractivity contribution in [2.75, 3.05) is 13.2 Å². The zero-order valence-electron chi connectivity index (χ0n) is 16.0. The number of aliphatic hydroxyl groups is 3. The van der Waals surface area contributed by atoms with Crippen LogP contribution in [-0.4, -0.2) is 80.3 Å². The van der Waals surface area contributed by atoms with Gasteiger partial charge in [0.05, 0.1) is 18.4 Å². The summed E-state index contributed by atoms with van der Waals surface area (Å²) in [6.07, 6.45) is 1.46. The van der Waals surface area contributed by atoms with E-state index in [1.807, 2.05) is 0 Å². The predicted molar refractivity (Wildman–Crippen MR) is 111 cm³/mol. The van der Waals surface area contributed by atoms with Gasteiger partial charge in [0.1, 0.15) is 24.5 Å². The molecule has 5 aliphatic rings. The molecule has 0 bridgehead atoms. The number of nitrogens with zero attached hydrogens (tertiary/aromatic N) is 1. The van der Waals surface area contributed by atoms with Crippen LogP contribution < -0.4 is 16.4 Å². The van der Waals surface area contributed by atoms with E-state index in [-0.39, 0.29) is 24.2 Å². The van der Waals surface area contributed by atoms with Crippen LogP contribution in [0.2, 0.25) is 0 Å². The maximum atomic E-state index is 11.0. The zero-order valence-corrected chi connectivity index (χ0v) is 18.2. The molecule has 0 radical (unpaired) electrons. The summed E-state index contributed by atoms with van der Waals surface area (Å²) in [5.41, 5.74) is 6.26. The highest BCUT2D eigenvalue weighted by atomic mass is 127. The number of hydrogen-bond acceptors (Lipinski definition) is 8. The van der Waals surface area contributed by atoms with Crippen LogP contribution in [0.3, 0.4) is 0 Å². The third-order valence-electron chi connectivity index (χ3n) is 8.10. The van der Waals surface area contributed by atoms with Gasteiger partial charge < -0.3 is 25.8 Å². The van der Waals surface area contributed by atoms with Crippen LogP contribution >= 0.6 is 22.6 Å². The van der Waals surface area contributed by atoms with Gasteiger partial charge in [-0.05, 0) is 49.9 Å². The Hall–Kier alpha value is 0.410. The molecule has 0 aromatic heterocycles. The predicted octanol–water partition coefficient (Wildman–Crippen LogP) is -0.883. The van der Waals surface area contributed by atoms with Crippen LogP contribution in [0, 0.1) is 23.7 Å². The van der Waals surface area contributed by atoms with E-state index in [1.165, 1.54) is 19.3 Å². The summed E-state index contributed by atoms with van der Waals surface area (Å²) in [5.74, 6) is 1.92. The summed E-state index contributed by atoms with van der Waals surface area (Å²) in [6, 6.07) is 0. The standard InChI is InChI=1S/C19H33IN4O4/c20-11-6-24(18-12(11)17(21)22-7-23-18)19-15(27)14(26)16(28-19)13(25)10-4-2-8-1-3-9(8)5-10/h8-19,22-23,25-27H,1-7,21H2/t8?,9?,10?,11?,12?,13-,14+,15-,16-,17?,18?,19-/m1/s1. The van der Waals surface area contributed by atoms with Crippen molar-refractivity contribution in [1.82, 2.24) is 15.5 Å². The highest BCUT2D eigenvalue weighted by Gasteiger charge is 2.56. The minimum atomic E-state index is -1.07. The second-order valence-electron chi connectivity index (χ2n) is 9.48. The lowest BCUT2D eigenvalue weighted by Gasteiger charge is -2.45. The summed E-state index contributed by atoms with van der Waals surface area (Å²) in [5, 5.41) is 39.2. The highest BCUT2D eigenvalue weighted by molar-refractivity contribution is 14.1. The number of likely N-dealkylation sites (tertiary alicyclic amines) is 1. The first-order valence-electron chi connectivity index (χ1n) is 10.8. The third-order valence-corrected chi connectivity index (χ3v) is 9.32. The molecule has 12 atom stereocenters. The van der Waals surface area contributed by atoms with E-state index in [4.69, 9.17) is 10.5 Å². The molecule has 0 aromatic rings. The normalized spacial score (nSPS) is 55.4. The Morgan fingerprint density at radius 1 is 1.07 bits per heavy atom. The van der Waals surface area contributed by atoms with Crippen LogP contribution in [0.5, 0.6) is 0 Å². The fourth-order valence-electron chi connectivity index (χ4n) is 6.29. The molecule has 8 nitrogen and oxygen atoms in total. The second-order valence-corrected chi connectivity index (χ2v) is 11.1. The number of alkyl halides is 1. The average molecular weight is 508 g/mol. The van der Waals surface area contributed by atoms with Crippen LogP contribution in [0.4, 0.5) is 0 Å². The van der Waals surface area contributed by atoms with Crippen LogP contribution in [0.15, 0.2) is 0 Å². The number of nitrogens with two attached hydrogens (primary N) is 1. The zero-order chi connectivity index (χ0) is 19.6. The van der Waals surface area contributed by atoms with E-state index in [1.54, 1.807) is 0 Å². The van der Waals surface area contributed by atoms with Gasteiger partial charge in [-0.2, -0.15) is 0 Å². The fraction of sp³-hybridized carbons (Fsp3) is 1.00. The van der Waals surface area contributed by atoms with E-state index >= 15 is 0 Å². The average Bonchev–Trinajstić information content (AvgIpc) is 3.14. The number of hydrogen-bond donors (Lipinski definition) is 6. The molecule has 0 spiro atoms. The van der Waals surface area contributed by atoms with E-state index < -0.39 is 30.6 Å². The van der Waals surface area contributed by atoms with Crippen molar-refractivity contribution in [3.63, 3.8) is 0 Å². The molecule has 5 fully saturated rings. The van der Waals surface area contributed by atoms with Gasteiger partial charge in [0.2, 0.25) is 0 Å². The molecule has 5 rings (SSSR count). The van der Waals surface area contributed by atoms with E-state index in [0.29, 0.717) is 10.6 Å². The van der Waals surface area contributed by atoms with Crippen molar-refractivity contribution >= 4 is 22.6 Å². The summed E-state index contributed by atoms with van der Waals surface area (Å²) in [4.78, 5) is 2.09. The SMILES string of the molecule is NC1NCNC2C1C(I)CN2[C@@H]1O[C@H]([C@H](O)C2CCC3CCC3C2)[C@@H](O)[C@H]1O. The van der Waals surface area contributed by atoms with Gasteiger partial charge in [-0.25, -0.2) is 0 Å². The van der Waals surface area contributed by atoms with E-state index in [9.17, 15) is 15.3 Å². The van der Waals surface area contributed by atoms with Crippen LogP contribution in [-0.2, 0) is 4.74 Å². The molecule has 3 saturated heterocycles. The molecule has 2 saturated carbocycles. The quantitative estimate of drug-likeness (QED) is 0.215. The van der Waals surface area contributed by atoms with Crippen molar-refractivity contribution < 1.29 is 20.1 Å². The van der Waals surface area contributed by atoms with Gasteiger partial charge in [0.15, 0.2) is 0 Å². The molecule has 28 heavy (non-hydrogen) atoms. The van der Waals surface area contributed by atoms with Crippen molar-refractivity contribution in [1.29, 1.82) is 0 Å². The van der Waals surface area contributed by atoms with Gasteiger partial charge in [-0.1, -0.05) is 22.6 Å². The Morgan fingerprint density at radius 2 is 1.82 bits per heavy atom. The lowest BCUT2D eigenvalue weighted by molar-refractivity contribution is -0.142.